The number of aliphatic carboxylic acids is 1. The molecule has 1 aliphatic carbocycles. The molecule has 1 N–H and O–H groups in total. The largest absolute Gasteiger partial charge is 0.480 e. The lowest BCUT2D eigenvalue weighted by atomic mass is 9.66. The van der Waals surface area contributed by atoms with Gasteiger partial charge >= 0.3 is 5.97 Å². The van der Waals surface area contributed by atoms with Crippen LogP contribution in [0.5, 0.6) is 0 Å². The summed E-state index contributed by atoms with van der Waals surface area (Å²) in [7, 11) is 0. The minimum Gasteiger partial charge on any atom is -0.480 e. The molecule has 0 bridgehead atoms. The van der Waals surface area contributed by atoms with Crippen LogP contribution in [0.2, 0.25) is 0 Å². The van der Waals surface area contributed by atoms with Crippen molar-refractivity contribution in [2.75, 3.05) is 0 Å². The number of carboxylic acid groups (broad SMARTS) is 1. The summed E-state index contributed by atoms with van der Waals surface area (Å²) in [6.45, 7) is 4.17. The molecule has 0 amide bonds. The summed E-state index contributed by atoms with van der Waals surface area (Å²) in [5, 5.41) is 17.2. The molecule has 28 heavy (non-hydrogen) atoms. The highest BCUT2D eigenvalue weighted by Gasteiger charge is 2.44. The Kier molecular flexibility index (Phi) is 3.77. The predicted octanol–water partition coefficient (Wildman–Crippen LogP) is 6.60. The van der Waals surface area contributed by atoms with Crippen molar-refractivity contribution in [1.29, 1.82) is 0 Å². The number of rotatable bonds is 2. The van der Waals surface area contributed by atoms with Crippen molar-refractivity contribution < 1.29 is 9.90 Å². The normalized spacial score (nSPS) is 20.1. The van der Waals surface area contributed by atoms with Crippen LogP contribution < -0.4 is 0 Å². The van der Waals surface area contributed by atoms with Gasteiger partial charge in [0.1, 0.15) is 5.41 Å². The van der Waals surface area contributed by atoms with Crippen molar-refractivity contribution in [2.24, 2.45) is 0 Å². The SMILES string of the molecule is C=C1CCCCC1(C(=O)O)c1ccc2ccc3c4ccccc4ccc3c2c1. The Balaban J connectivity index is 1.82. The zero-order valence-corrected chi connectivity index (χ0v) is 15.7. The molecule has 1 atom stereocenters. The van der Waals surface area contributed by atoms with Gasteiger partial charge in [0, 0.05) is 0 Å². The number of hydrogen-bond donors (Lipinski definition) is 1. The summed E-state index contributed by atoms with van der Waals surface area (Å²) in [5.41, 5.74) is 0.722. The van der Waals surface area contributed by atoms with Gasteiger partial charge in [0.05, 0.1) is 0 Å². The predicted molar refractivity (Wildman–Crippen MR) is 116 cm³/mol. The van der Waals surface area contributed by atoms with Crippen molar-refractivity contribution >= 4 is 38.3 Å². The van der Waals surface area contributed by atoms with E-state index < -0.39 is 11.4 Å². The second-order valence-corrected chi connectivity index (χ2v) is 7.90. The Hall–Kier alpha value is -3.13. The first-order valence-corrected chi connectivity index (χ1v) is 9.88. The minimum absolute atomic E-state index is 0.625. The average molecular weight is 366 g/mol. The molecule has 0 aromatic heterocycles. The molecule has 1 fully saturated rings. The van der Waals surface area contributed by atoms with E-state index in [0.717, 1.165) is 41.2 Å². The number of benzene rings is 4. The summed E-state index contributed by atoms with van der Waals surface area (Å²) in [4.78, 5) is 12.4. The molecule has 0 radical (unpaired) electrons. The topological polar surface area (TPSA) is 37.3 Å². The first kappa shape index (κ1) is 17.0. The highest BCUT2D eigenvalue weighted by Crippen LogP contribution is 2.44. The van der Waals surface area contributed by atoms with E-state index in [1.54, 1.807) is 0 Å². The van der Waals surface area contributed by atoms with E-state index in [9.17, 15) is 9.90 Å². The third-order valence-electron chi connectivity index (χ3n) is 6.49. The Bertz CT molecular complexity index is 1270. The fraction of sp³-hybridized carbons (Fsp3) is 0.192. The highest BCUT2D eigenvalue weighted by molar-refractivity contribution is 6.17. The van der Waals surface area contributed by atoms with Gasteiger partial charge in [0.25, 0.3) is 0 Å². The molecular formula is C26H22O2. The summed E-state index contributed by atoms with van der Waals surface area (Å²) in [6.07, 6.45) is 3.35. The monoisotopic (exact) mass is 366 g/mol. The van der Waals surface area contributed by atoms with Crippen LogP contribution in [0.1, 0.15) is 31.2 Å². The molecule has 1 aliphatic rings. The molecule has 0 spiro atoms. The first-order chi connectivity index (χ1) is 13.6. The molecule has 2 heteroatoms. The maximum absolute atomic E-state index is 12.4. The molecule has 0 saturated heterocycles. The van der Waals surface area contributed by atoms with E-state index in [4.69, 9.17) is 0 Å². The number of carboxylic acids is 1. The van der Waals surface area contributed by atoms with Crippen molar-refractivity contribution in [3.05, 3.63) is 84.4 Å². The van der Waals surface area contributed by atoms with Gasteiger partial charge in [-0.1, -0.05) is 79.2 Å². The number of fused-ring (bicyclic) bond motifs is 5. The van der Waals surface area contributed by atoms with Crippen molar-refractivity contribution in [3.63, 3.8) is 0 Å². The van der Waals surface area contributed by atoms with Crippen LogP contribution in [0.15, 0.2) is 78.9 Å². The van der Waals surface area contributed by atoms with Gasteiger partial charge in [-0.3, -0.25) is 4.79 Å². The van der Waals surface area contributed by atoms with Crippen LogP contribution in [-0.2, 0) is 10.2 Å². The third-order valence-corrected chi connectivity index (χ3v) is 6.49. The summed E-state index contributed by atoms with van der Waals surface area (Å²) in [5.74, 6) is -0.776. The molecule has 0 heterocycles. The van der Waals surface area contributed by atoms with Crippen LogP contribution in [0.25, 0.3) is 32.3 Å². The van der Waals surface area contributed by atoms with Gasteiger partial charge < -0.3 is 5.11 Å². The second kappa shape index (κ2) is 6.20. The van der Waals surface area contributed by atoms with Gasteiger partial charge in [0.15, 0.2) is 0 Å². The summed E-state index contributed by atoms with van der Waals surface area (Å²) < 4.78 is 0. The van der Waals surface area contributed by atoms with Crippen molar-refractivity contribution in [1.82, 2.24) is 0 Å². The molecule has 0 aliphatic heterocycles. The molecule has 4 aromatic carbocycles. The van der Waals surface area contributed by atoms with E-state index in [0.29, 0.717) is 6.42 Å². The molecule has 138 valence electrons. The lowest BCUT2D eigenvalue weighted by Gasteiger charge is -2.36. The number of hydrogen-bond acceptors (Lipinski definition) is 1. The molecule has 1 saturated carbocycles. The molecular weight excluding hydrogens is 344 g/mol. The van der Waals surface area contributed by atoms with Crippen LogP contribution >= 0.6 is 0 Å². The molecule has 1 unspecified atom stereocenters. The van der Waals surface area contributed by atoms with Crippen LogP contribution in [0, 0.1) is 0 Å². The molecule has 4 aromatic rings. The van der Waals surface area contributed by atoms with Gasteiger partial charge in [-0.2, -0.15) is 0 Å². The standard InChI is InChI=1S/C26H22O2/c1-17-6-4-5-15-26(17,25(27)28)20-12-9-19-11-13-22-21-8-3-2-7-18(21)10-14-23(22)24(19)16-20/h2-3,7-14,16H,1,4-6,15H2,(H,27,28). The van der Waals surface area contributed by atoms with Crippen molar-refractivity contribution in [2.45, 2.75) is 31.1 Å². The smallest absolute Gasteiger partial charge is 0.318 e. The number of carbonyl (C=O) groups is 1. The van der Waals surface area contributed by atoms with Gasteiger partial charge in [-0.05, 0) is 63.2 Å². The van der Waals surface area contributed by atoms with Gasteiger partial charge in [-0.25, -0.2) is 0 Å². The molecule has 5 rings (SSSR count). The maximum atomic E-state index is 12.4. The lowest BCUT2D eigenvalue weighted by molar-refractivity contribution is -0.143. The van der Waals surface area contributed by atoms with Gasteiger partial charge in [-0.15, -0.1) is 0 Å². The quantitative estimate of drug-likeness (QED) is 0.320. The van der Waals surface area contributed by atoms with Crippen LogP contribution in [0.4, 0.5) is 0 Å². The Morgan fingerprint density at radius 2 is 1.50 bits per heavy atom. The van der Waals surface area contributed by atoms with Crippen LogP contribution in [0.3, 0.4) is 0 Å². The lowest BCUT2D eigenvalue weighted by Crippen LogP contribution is -2.39. The first-order valence-electron chi connectivity index (χ1n) is 9.88. The van der Waals surface area contributed by atoms with E-state index in [2.05, 4.69) is 67.2 Å². The average Bonchev–Trinajstić information content (AvgIpc) is 2.73. The summed E-state index contributed by atoms with van der Waals surface area (Å²) >= 11 is 0. The Morgan fingerprint density at radius 3 is 2.25 bits per heavy atom. The van der Waals surface area contributed by atoms with E-state index in [1.807, 2.05) is 6.07 Å². The van der Waals surface area contributed by atoms with E-state index in [1.165, 1.54) is 21.5 Å². The fourth-order valence-corrected chi connectivity index (χ4v) is 4.93. The third kappa shape index (κ3) is 2.31. The summed E-state index contributed by atoms with van der Waals surface area (Å²) in [6, 6.07) is 23.2. The van der Waals surface area contributed by atoms with Gasteiger partial charge in [0.2, 0.25) is 0 Å². The zero-order chi connectivity index (χ0) is 19.3. The maximum Gasteiger partial charge on any atom is 0.318 e. The minimum atomic E-state index is -0.967. The highest BCUT2D eigenvalue weighted by atomic mass is 16.4. The van der Waals surface area contributed by atoms with E-state index in [-0.39, 0.29) is 0 Å². The fourth-order valence-electron chi connectivity index (χ4n) is 4.93. The van der Waals surface area contributed by atoms with Crippen molar-refractivity contribution in [3.8, 4) is 0 Å². The molecule has 2 nitrogen and oxygen atoms in total. The Labute approximate surface area is 164 Å². The second-order valence-electron chi connectivity index (χ2n) is 7.90. The van der Waals surface area contributed by atoms with Crippen LogP contribution in [-0.4, -0.2) is 11.1 Å². The Morgan fingerprint density at radius 1 is 0.821 bits per heavy atom. The zero-order valence-electron chi connectivity index (χ0n) is 15.7. The van der Waals surface area contributed by atoms with E-state index >= 15 is 0 Å².